The minimum absolute atomic E-state index is 0. The van der Waals surface area contributed by atoms with Gasteiger partial charge in [0.15, 0.2) is 0 Å². The quantitative estimate of drug-likeness (QED) is 0.169. The molecule has 51 heavy (non-hydrogen) atoms. The number of pyridine rings is 2. The van der Waals surface area contributed by atoms with Crippen molar-refractivity contribution in [3.8, 4) is 22.3 Å². The van der Waals surface area contributed by atoms with Crippen molar-refractivity contribution < 1.29 is 26.2 Å². The number of hydrogen-bond acceptors (Lipinski definition) is 2. The predicted molar refractivity (Wildman–Crippen MR) is 206 cm³/mol. The van der Waals surface area contributed by atoms with Gasteiger partial charge in [-0.05, 0) is 80.9 Å². The Morgan fingerprint density at radius 1 is 0.392 bits per heavy atom. The molecule has 2 aromatic heterocycles. The van der Waals surface area contributed by atoms with E-state index in [4.69, 9.17) is 0 Å². The second-order valence-electron chi connectivity index (χ2n) is 12.7. The Balaban J connectivity index is 0.000000144. The zero-order chi connectivity index (χ0) is 33.3. The standard InChI is InChI=1S/2C24H16N.Zr/c2*1-2-7-18-16-19(12-11-17(18)6-1)20-8-5-9-21-22(20)13-14-23(21)24-10-3-4-15-25-24;/h2*1-13,15-16,23H;/q2*-1;+2. The van der Waals surface area contributed by atoms with Crippen molar-refractivity contribution in [1.82, 2.24) is 9.97 Å². The number of nitrogens with zero attached hydrogens (tertiary/aromatic N) is 2. The molecule has 2 heterocycles. The summed E-state index contributed by atoms with van der Waals surface area (Å²) in [6.07, 6.45) is 14.9. The van der Waals surface area contributed by atoms with Crippen LogP contribution in [-0.4, -0.2) is 9.97 Å². The Morgan fingerprint density at radius 2 is 0.824 bits per heavy atom. The van der Waals surface area contributed by atoms with Crippen LogP contribution >= 0.6 is 0 Å². The monoisotopic (exact) mass is 726 g/mol. The van der Waals surface area contributed by atoms with Crippen LogP contribution in [0.2, 0.25) is 0 Å². The molecule has 0 saturated carbocycles. The first-order valence-corrected chi connectivity index (χ1v) is 17.0. The van der Waals surface area contributed by atoms with E-state index < -0.39 is 0 Å². The number of benzene rings is 6. The van der Waals surface area contributed by atoms with Crippen LogP contribution in [0.3, 0.4) is 0 Å². The molecule has 0 N–H and O–H groups in total. The van der Waals surface area contributed by atoms with E-state index in [0.29, 0.717) is 0 Å². The number of fused-ring (bicyclic) bond motifs is 4. The molecule has 2 aliphatic rings. The van der Waals surface area contributed by atoms with Crippen molar-refractivity contribution in [3.63, 3.8) is 0 Å². The zero-order valence-corrected chi connectivity index (χ0v) is 30.3. The minimum atomic E-state index is 0. The third kappa shape index (κ3) is 6.35. The maximum atomic E-state index is 4.52. The van der Waals surface area contributed by atoms with Crippen LogP contribution in [0.25, 0.3) is 56.0 Å². The van der Waals surface area contributed by atoms with E-state index in [9.17, 15) is 0 Å². The van der Waals surface area contributed by atoms with E-state index >= 15 is 0 Å². The van der Waals surface area contributed by atoms with Crippen molar-refractivity contribution in [2.45, 2.75) is 11.8 Å². The average Bonchev–Trinajstić information content (AvgIpc) is 3.84. The molecule has 238 valence electrons. The molecule has 0 fully saturated rings. The van der Waals surface area contributed by atoms with Crippen molar-refractivity contribution in [1.29, 1.82) is 0 Å². The Bertz CT molecular complexity index is 2370. The van der Waals surface area contributed by atoms with Gasteiger partial charge in [0.25, 0.3) is 0 Å². The summed E-state index contributed by atoms with van der Waals surface area (Å²) in [6.45, 7) is 0. The molecular weight excluding hydrogens is 696 g/mol. The molecule has 0 bridgehead atoms. The van der Waals surface area contributed by atoms with Gasteiger partial charge >= 0.3 is 26.2 Å². The molecule has 0 radical (unpaired) electrons. The minimum Gasteiger partial charge on any atom is -0.262 e. The van der Waals surface area contributed by atoms with Crippen molar-refractivity contribution in [2.24, 2.45) is 0 Å². The molecule has 2 atom stereocenters. The first-order chi connectivity index (χ1) is 24.8. The van der Waals surface area contributed by atoms with Gasteiger partial charge in [0.05, 0.1) is 0 Å². The topological polar surface area (TPSA) is 25.8 Å². The summed E-state index contributed by atoms with van der Waals surface area (Å²) in [6, 6.07) is 55.5. The van der Waals surface area contributed by atoms with Gasteiger partial charge in [0.1, 0.15) is 0 Å². The summed E-state index contributed by atoms with van der Waals surface area (Å²) in [5.41, 5.74) is 12.2. The largest absolute Gasteiger partial charge is 2.00 e. The Hall–Kier alpha value is -5.50. The Kier molecular flexibility index (Phi) is 9.22. The van der Waals surface area contributed by atoms with Gasteiger partial charge in [-0.3, -0.25) is 22.1 Å². The van der Waals surface area contributed by atoms with Gasteiger partial charge in [-0.15, -0.1) is 11.1 Å². The summed E-state index contributed by atoms with van der Waals surface area (Å²) in [7, 11) is 0. The number of hydrogen-bond donors (Lipinski definition) is 0. The molecule has 0 amide bonds. The van der Waals surface area contributed by atoms with E-state index in [2.05, 4.69) is 168 Å². The second kappa shape index (κ2) is 14.4. The fraction of sp³-hybridized carbons (Fsp3) is 0.0417. The molecule has 6 aromatic carbocycles. The third-order valence-corrected chi connectivity index (χ3v) is 9.78. The molecule has 0 spiro atoms. The maximum absolute atomic E-state index is 4.52. The molecule has 10 rings (SSSR count). The Labute approximate surface area is 318 Å². The number of aromatic nitrogens is 2. The van der Waals surface area contributed by atoms with Crippen LogP contribution in [0.15, 0.2) is 170 Å². The van der Waals surface area contributed by atoms with E-state index in [1.807, 2.05) is 36.7 Å². The summed E-state index contributed by atoms with van der Waals surface area (Å²) in [5, 5.41) is 5.08. The van der Waals surface area contributed by atoms with Crippen molar-refractivity contribution in [3.05, 3.63) is 216 Å². The average molecular weight is 728 g/mol. The maximum Gasteiger partial charge on any atom is 2.00 e. The molecular formula is C48H32N2Zr. The van der Waals surface area contributed by atoms with Gasteiger partial charge in [-0.1, -0.05) is 132 Å². The van der Waals surface area contributed by atoms with Gasteiger partial charge < -0.3 is 0 Å². The van der Waals surface area contributed by atoms with E-state index in [1.54, 1.807) is 0 Å². The predicted octanol–water partition coefficient (Wildman–Crippen LogP) is 11.7. The van der Waals surface area contributed by atoms with Gasteiger partial charge in [-0.25, -0.2) is 12.2 Å². The first kappa shape index (κ1) is 32.7. The molecule has 8 aromatic rings. The van der Waals surface area contributed by atoms with E-state index in [0.717, 1.165) is 11.4 Å². The smallest absolute Gasteiger partial charge is 0.262 e. The molecule has 0 aliphatic heterocycles. The van der Waals surface area contributed by atoms with Gasteiger partial charge in [0, 0.05) is 23.8 Å². The van der Waals surface area contributed by atoms with Gasteiger partial charge in [-0.2, -0.15) is 11.1 Å². The van der Waals surface area contributed by atoms with Crippen molar-refractivity contribution in [2.75, 3.05) is 0 Å². The Morgan fingerprint density at radius 3 is 1.25 bits per heavy atom. The molecule has 3 heteroatoms. The van der Waals surface area contributed by atoms with Gasteiger partial charge in [0.2, 0.25) is 0 Å². The SMILES string of the molecule is [C-]1=Cc2c(-c3ccc4ccccc4c3)cccc2C1c1ccccn1.[C-]1=Cc2c(-c3ccc4ccccc4c3)cccc2C1c1ccccn1.[Zr+2]. The van der Waals surface area contributed by atoms with Crippen molar-refractivity contribution >= 4 is 33.7 Å². The van der Waals surface area contributed by atoms with Crippen LogP contribution in [0, 0.1) is 12.2 Å². The molecule has 2 unspecified atom stereocenters. The number of allylic oxidation sites excluding steroid dienone is 2. The van der Waals surface area contributed by atoms with Crippen LogP contribution in [-0.2, 0) is 26.2 Å². The number of rotatable bonds is 4. The summed E-state index contributed by atoms with van der Waals surface area (Å²) in [5.74, 6) is 0.244. The fourth-order valence-electron chi connectivity index (χ4n) is 7.30. The third-order valence-electron chi connectivity index (χ3n) is 9.78. The second-order valence-corrected chi connectivity index (χ2v) is 12.7. The fourth-order valence-corrected chi connectivity index (χ4v) is 7.30. The van der Waals surface area contributed by atoms with Crippen LogP contribution < -0.4 is 0 Å². The summed E-state index contributed by atoms with van der Waals surface area (Å²) < 4.78 is 0. The first-order valence-electron chi connectivity index (χ1n) is 17.0. The summed E-state index contributed by atoms with van der Waals surface area (Å²) >= 11 is 0. The molecule has 2 aliphatic carbocycles. The summed E-state index contributed by atoms with van der Waals surface area (Å²) in [4.78, 5) is 9.04. The van der Waals surface area contributed by atoms with Crippen LogP contribution in [0.5, 0.6) is 0 Å². The molecule has 0 saturated heterocycles. The molecule has 2 nitrogen and oxygen atoms in total. The van der Waals surface area contributed by atoms with Crippen LogP contribution in [0.1, 0.15) is 45.5 Å². The van der Waals surface area contributed by atoms with E-state index in [-0.39, 0.29) is 38.0 Å². The van der Waals surface area contributed by atoms with E-state index in [1.165, 1.54) is 66.1 Å². The normalized spacial score (nSPS) is 15.1. The zero-order valence-electron chi connectivity index (χ0n) is 27.9. The van der Waals surface area contributed by atoms with Crippen LogP contribution in [0.4, 0.5) is 0 Å².